The molecule has 0 aromatic heterocycles. The van der Waals surface area contributed by atoms with E-state index in [-0.39, 0.29) is 0 Å². The Balaban J connectivity index is 1.99. The molecule has 0 saturated carbocycles. The van der Waals surface area contributed by atoms with Gasteiger partial charge in [0.05, 0.1) is 0 Å². The standard InChI is InChI=1S/C27H27NO2/c1-28(2)20-21-12-11-18-24(21)25-17-9-10-19-26(25)27(30-29,22-13-5-3-6-14-22)23-15-7-4-8-16-23/h3-17,19,29H,18,20H2,1-2H3. The van der Waals surface area contributed by atoms with Crippen LogP contribution in [0.1, 0.15) is 28.7 Å². The number of allylic oxidation sites excluding steroid dienone is 2. The highest BCUT2D eigenvalue weighted by Crippen LogP contribution is 2.44. The molecule has 1 aliphatic carbocycles. The molecule has 3 aromatic carbocycles. The van der Waals surface area contributed by atoms with Crippen LogP contribution < -0.4 is 0 Å². The van der Waals surface area contributed by atoms with Crippen LogP contribution in [0.2, 0.25) is 0 Å². The fourth-order valence-corrected chi connectivity index (χ4v) is 4.35. The number of nitrogens with zero attached hydrogens (tertiary/aromatic N) is 1. The normalized spacial score (nSPS) is 14.0. The van der Waals surface area contributed by atoms with Crippen molar-refractivity contribution in [3.05, 3.63) is 125 Å². The first-order chi connectivity index (χ1) is 14.7. The molecule has 1 aliphatic rings. The van der Waals surface area contributed by atoms with Crippen LogP contribution >= 0.6 is 0 Å². The maximum absolute atomic E-state index is 10.5. The molecule has 30 heavy (non-hydrogen) atoms. The van der Waals surface area contributed by atoms with Gasteiger partial charge in [-0.25, -0.2) is 4.89 Å². The predicted molar refractivity (Wildman–Crippen MR) is 122 cm³/mol. The molecule has 0 unspecified atom stereocenters. The Labute approximate surface area is 178 Å². The van der Waals surface area contributed by atoms with Crippen LogP contribution in [0.25, 0.3) is 5.57 Å². The zero-order chi connectivity index (χ0) is 21.0. The molecule has 0 spiro atoms. The number of rotatable bonds is 7. The van der Waals surface area contributed by atoms with E-state index >= 15 is 0 Å². The summed E-state index contributed by atoms with van der Waals surface area (Å²) in [4.78, 5) is 7.64. The van der Waals surface area contributed by atoms with Gasteiger partial charge in [0.2, 0.25) is 0 Å². The Morgan fingerprint density at radius 3 is 1.97 bits per heavy atom. The highest BCUT2D eigenvalue weighted by atomic mass is 17.1. The summed E-state index contributed by atoms with van der Waals surface area (Å²) >= 11 is 0. The van der Waals surface area contributed by atoms with Gasteiger partial charge in [0.1, 0.15) is 0 Å². The van der Waals surface area contributed by atoms with Crippen molar-refractivity contribution in [2.24, 2.45) is 0 Å². The SMILES string of the molecule is CN(C)CC1=C(c2ccccc2C(OO)(c2ccccc2)c2ccccc2)CC=C1. The lowest BCUT2D eigenvalue weighted by Gasteiger charge is -2.34. The van der Waals surface area contributed by atoms with Crippen LogP contribution in [-0.4, -0.2) is 30.8 Å². The summed E-state index contributed by atoms with van der Waals surface area (Å²) in [5.74, 6) is 0. The van der Waals surface area contributed by atoms with E-state index in [0.29, 0.717) is 0 Å². The van der Waals surface area contributed by atoms with Gasteiger partial charge in [-0.3, -0.25) is 5.26 Å². The van der Waals surface area contributed by atoms with Crippen LogP contribution in [0.15, 0.2) is 103 Å². The molecule has 152 valence electrons. The van der Waals surface area contributed by atoms with Crippen LogP contribution in [0.3, 0.4) is 0 Å². The van der Waals surface area contributed by atoms with Gasteiger partial charge in [-0.1, -0.05) is 97.1 Å². The fraction of sp³-hybridized carbons (Fsp3) is 0.185. The molecule has 4 rings (SSSR count). The van der Waals surface area contributed by atoms with Crippen LogP contribution in [0.5, 0.6) is 0 Å². The summed E-state index contributed by atoms with van der Waals surface area (Å²) in [5, 5.41) is 10.5. The summed E-state index contributed by atoms with van der Waals surface area (Å²) in [6.45, 7) is 0.865. The van der Waals surface area contributed by atoms with E-state index in [9.17, 15) is 5.26 Å². The molecule has 0 radical (unpaired) electrons. The van der Waals surface area contributed by atoms with E-state index in [1.54, 1.807) is 0 Å². The maximum atomic E-state index is 10.5. The first-order valence-corrected chi connectivity index (χ1v) is 10.2. The van der Waals surface area contributed by atoms with Gasteiger partial charge in [-0.15, -0.1) is 0 Å². The zero-order valence-corrected chi connectivity index (χ0v) is 17.5. The zero-order valence-electron chi connectivity index (χ0n) is 17.5. The molecule has 1 N–H and O–H groups in total. The molecule has 0 heterocycles. The minimum absolute atomic E-state index is 0.865. The van der Waals surface area contributed by atoms with E-state index < -0.39 is 5.60 Å². The quantitative estimate of drug-likeness (QED) is 0.313. The molecular formula is C27H27NO2. The summed E-state index contributed by atoms with van der Waals surface area (Å²) < 4.78 is 0. The number of hydrogen-bond donors (Lipinski definition) is 1. The van der Waals surface area contributed by atoms with Gasteiger partial charge in [0.25, 0.3) is 0 Å². The van der Waals surface area contributed by atoms with Crippen molar-refractivity contribution in [2.75, 3.05) is 20.6 Å². The molecule has 3 aromatic rings. The smallest absolute Gasteiger partial charge is 0.179 e. The predicted octanol–water partition coefficient (Wildman–Crippen LogP) is 5.74. The second-order valence-electron chi connectivity index (χ2n) is 7.90. The average molecular weight is 398 g/mol. The number of likely N-dealkylation sites (N-methyl/N-ethyl adjacent to an activating group) is 1. The van der Waals surface area contributed by atoms with Crippen LogP contribution in [-0.2, 0) is 10.5 Å². The second kappa shape index (κ2) is 8.80. The molecule has 0 amide bonds. The number of benzene rings is 3. The van der Waals surface area contributed by atoms with Crippen molar-refractivity contribution in [1.82, 2.24) is 4.90 Å². The Morgan fingerprint density at radius 2 is 1.40 bits per heavy atom. The van der Waals surface area contributed by atoms with Gasteiger partial charge in [-0.2, -0.15) is 0 Å². The highest BCUT2D eigenvalue weighted by molar-refractivity contribution is 5.78. The van der Waals surface area contributed by atoms with Crippen molar-refractivity contribution in [1.29, 1.82) is 0 Å². The Hall–Kier alpha value is -2.98. The van der Waals surface area contributed by atoms with Crippen LogP contribution in [0, 0.1) is 0 Å². The summed E-state index contributed by atoms with van der Waals surface area (Å²) in [6, 6.07) is 28.1. The van der Waals surface area contributed by atoms with Gasteiger partial charge in [0, 0.05) is 12.1 Å². The molecule has 0 atom stereocenters. The third-order valence-electron chi connectivity index (χ3n) is 5.64. The average Bonchev–Trinajstić information content (AvgIpc) is 3.24. The van der Waals surface area contributed by atoms with E-state index in [0.717, 1.165) is 35.2 Å². The van der Waals surface area contributed by atoms with E-state index in [2.05, 4.69) is 49.3 Å². The van der Waals surface area contributed by atoms with Crippen molar-refractivity contribution in [2.45, 2.75) is 12.0 Å². The first kappa shape index (κ1) is 20.3. The summed E-state index contributed by atoms with van der Waals surface area (Å²) in [6.07, 6.45) is 5.28. The van der Waals surface area contributed by atoms with Crippen molar-refractivity contribution in [3.8, 4) is 0 Å². The molecule has 3 heteroatoms. The third-order valence-corrected chi connectivity index (χ3v) is 5.64. The topological polar surface area (TPSA) is 32.7 Å². The van der Waals surface area contributed by atoms with Gasteiger partial charge < -0.3 is 4.90 Å². The monoisotopic (exact) mass is 397 g/mol. The highest BCUT2D eigenvalue weighted by Gasteiger charge is 2.40. The minimum atomic E-state index is -1.13. The molecule has 0 bridgehead atoms. The second-order valence-corrected chi connectivity index (χ2v) is 7.90. The van der Waals surface area contributed by atoms with E-state index in [1.807, 2.05) is 66.7 Å². The lowest BCUT2D eigenvalue weighted by Crippen LogP contribution is -2.33. The van der Waals surface area contributed by atoms with Crippen LogP contribution in [0.4, 0.5) is 0 Å². The minimum Gasteiger partial charge on any atom is -0.305 e. The van der Waals surface area contributed by atoms with Crippen molar-refractivity contribution in [3.63, 3.8) is 0 Å². The van der Waals surface area contributed by atoms with Gasteiger partial charge in [-0.05, 0) is 48.4 Å². The maximum Gasteiger partial charge on any atom is 0.179 e. The molecule has 0 aliphatic heterocycles. The Kier molecular flexibility index (Phi) is 5.96. The molecule has 0 saturated heterocycles. The first-order valence-electron chi connectivity index (χ1n) is 10.2. The van der Waals surface area contributed by atoms with Crippen molar-refractivity contribution < 1.29 is 10.1 Å². The molecule has 0 fully saturated rings. The summed E-state index contributed by atoms with van der Waals surface area (Å²) in [7, 11) is 4.16. The lowest BCUT2D eigenvalue weighted by molar-refractivity contribution is -0.302. The Morgan fingerprint density at radius 1 is 0.833 bits per heavy atom. The van der Waals surface area contributed by atoms with E-state index in [1.165, 1.54) is 11.1 Å². The van der Waals surface area contributed by atoms with Gasteiger partial charge >= 0.3 is 0 Å². The largest absolute Gasteiger partial charge is 0.305 e. The number of hydrogen-bond acceptors (Lipinski definition) is 3. The fourth-order valence-electron chi connectivity index (χ4n) is 4.35. The molecular weight excluding hydrogens is 370 g/mol. The Bertz CT molecular complexity index is 1010. The lowest BCUT2D eigenvalue weighted by atomic mass is 9.76. The van der Waals surface area contributed by atoms with E-state index in [4.69, 9.17) is 4.89 Å². The third kappa shape index (κ3) is 3.63. The van der Waals surface area contributed by atoms with Crippen molar-refractivity contribution >= 4 is 5.57 Å². The van der Waals surface area contributed by atoms with Gasteiger partial charge in [0.15, 0.2) is 5.60 Å². The summed E-state index contributed by atoms with van der Waals surface area (Å²) in [5.41, 5.74) is 5.23. The molecule has 3 nitrogen and oxygen atoms in total.